The van der Waals surface area contributed by atoms with Gasteiger partial charge in [0.1, 0.15) is 23.3 Å². The molecule has 0 radical (unpaired) electrons. The van der Waals surface area contributed by atoms with Crippen LogP contribution in [-0.2, 0) is 17.4 Å². The molecule has 2 aromatic carbocycles. The van der Waals surface area contributed by atoms with Gasteiger partial charge in [-0.3, -0.25) is 15.1 Å². The van der Waals surface area contributed by atoms with Crippen molar-refractivity contribution in [2.24, 2.45) is 0 Å². The summed E-state index contributed by atoms with van der Waals surface area (Å²) in [5, 5.41) is 6.34. The number of alkyl halides is 3. The SMILES string of the molecule is CNC(=O)[C@@H](N[C@H](CCc1ccc(C(F)(F)F)nc1)c1cc(Cl)ccc1OC)c1ccc(F)cc1. The van der Waals surface area contributed by atoms with Gasteiger partial charge in [0.05, 0.1) is 7.11 Å². The van der Waals surface area contributed by atoms with Crippen LogP contribution in [0, 0.1) is 5.82 Å². The van der Waals surface area contributed by atoms with Crippen LogP contribution in [0.15, 0.2) is 60.8 Å². The number of hydrogen-bond donors (Lipinski definition) is 2. The zero-order valence-electron chi connectivity index (χ0n) is 19.0. The molecule has 1 heterocycles. The van der Waals surface area contributed by atoms with Gasteiger partial charge in [0.25, 0.3) is 0 Å². The van der Waals surface area contributed by atoms with Gasteiger partial charge in [0.2, 0.25) is 5.91 Å². The maximum Gasteiger partial charge on any atom is 0.433 e. The van der Waals surface area contributed by atoms with Crippen LogP contribution >= 0.6 is 11.6 Å². The molecule has 0 saturated carbocycles. The summed E-state index contributed by atoms with van der Waals surface area (Å²) in [5.41, 5.74) is 0.816. The van der Waals surface area contributed by atoms with E-state index < -0.39 is 29.8 Å². The van der Waals surface area contributed by atoms with Crippen LogP contribution in [0.2, 0.25) is 5.02 Å². The first-order valence-electron chi connectivity index (χ1n) is 10.7. The third-order valence-electron chi connectivity index (χ3n) is 5.48. The topological polar surface area (TPSA) is 63.2 Å². The van der Waals surface area contributed by atoms with E-state index in [0.29, 0.717) is 40.3 Å². The average Bonchev–Trinajstić information content (AvgIpc) is 2.84. The molecule has 1 amide bonds. The highest BCUT2D eigenvalue weighted by molar-refractivity contribution is 6.30. The summed E-state index contributed by atoms with van der Waals surface area (Å²) in [5.74, 6) is -0.265. The Balaban J connectivity index is 1.94. The Morgan fingerprint density at radius 2 is 1.83 bits per heavy atom. The van der Waals surface area contributed by atoms with Gasteiger partial charge in [-0.25, -0.2) is 4.39 Å². The Bertz CT molecular complexity index is 1140. The number of hydrogen-bond acceptors (Lipinski definition) is 4. The normalized spacial score (nSPS) is 13.2. The highest BCUT2D eigenvalue weighted by Gasteiger charge is 2.32. The number of nitrogens with zero attached hydrogens (tertiary/aromatic N) is 1. The van der Waals surface area contributed by atoms with E-state index >= 15 is 0 Å². The van der Waals surface area contributed by atoms with Crippen molar-refractivity contribution in [3.8, 4) is 5.75 Å². The van der Waals surface area contributed by atoms with Crippen LogP contribution in [-0.4, -0.2) is 25.0 Å². The van der Waals surface area contributed by atoms with Crippen molar-refractivity contribution in [1.82, 2.24) is 15.6 Å². The Morgan fingerprint density at radius 3 is 2.40 bits per heavy atom. The lowest BCUT2D eigenvalue weighted by Crippen LogP contribution is -2.38. The number of aryl methyl sites for hydroxylation is 1. The minimum absolute atomic E-state index is 0.348. The van der Waals surface area contributed by atoms with Crippen molar-refractivity contribution in [3.63, 3.8) is 0 Å². The maximum atomic E-state index is 13.5. The van der Waals surface area contributed by atoms with Crippen LogP contribution in [0.1, 0.15) is 40.9 Å². The quantitative estimate of drug-likeness (QED) is 0.366. The molecule has 3 rings (SSSR count). The van der Waals surface area contributed by atoms with Gasteiger partial charge in [0, 0.05) is 29.9 Å². The zero-order chi connectivity index (χ0) is 25.6. The molecule has 3 aromatic rings. The van der Waals surface area contributed by atoms with E-state index in [9.17, 15) is 22.4 Å². The van der Waals surface area contributed by atoms with E-state index in [1.54, 1.807) is 18.2 Å². The number of pyridine rings is 1. The van der Waals surface area contributed by atoms with Gasteiger partial charge in [-0.1, -0.05) is 29.8 Å². The average molecular weight is 510 g/mol. The van der Waals surface area contributed by atoms with Crippen molar-refractivity contribution < 1.29 is 27.1 Å². The van der Waals surface area contributed by atoms with Crippen molar-refractivity contribution in [2.75, 3.05) is 14.2 Å². The zero-order valence-corrected chi connectivity index (χ0v) is 19.8. The van der Waals surface area contributed by atoms with E-state index in [2.05, 4.69) is 15.6 Å². The minimum atomic E-state index is -4.52. The van der Waals surface area contributed by atoms with E-state index in [0.717, 1.165) is 6.07 Å². The number of likely N-dealkylation sites (N-methyl/N-ethyl adjacent to an activating group) is 1. The van der Waals surface area contributed by atoms with Crippen molar-refractivity contribution in [2.45, 2.75) is 31.1 Å². The summed E-state index contributed by atoms with van der Waals surface area (Å²) < 4.78 is 57.5. The summed E-state index contributed by atoms with van der Waals surface area (Å²) in [4.78, 5) is 16.3. The summed E-state index contributed by atoms with van der Waals surface area (Å²) >= 11 is 6.24. The number of carbonyl (C=O) groups excluding carboxylic acids is 1. The summed E-state index contributed by atoms with van der Waals surface area (Å²) in [6, 6.07) is 11.6. The molecule has 35 heavy (non-hydrogen) atoms. The van der Waals surface area contributed by atoms with E-state index in [1.807, 2.05) is 0 Å². The fourth-order valence-corrected chi connectivity index (χ4v) is 3.86. The first-order valence-corrected chi connectivity index (χ1v) is 11.1. The van der Waals surface area contributed by atoms with Crippen LogP contribution in [0.25, 0.3) is 0 Å². The van der Waals surface area contributed by atoms with Crippen LogP contribution in [0.5, 0.6) is 5.75 Å². The predicted octanol–water partition coefficient (Wildman–Crippen LogP) is 5.65. The van der Waals surface area contributed by atoms with Gasteiger partial charge in [0.15, 0.2) is 0 Å². The maximum absolute atomic E-state index is 13.5. The van der Waals surface area contributed by atoms with Crippen molar-refractivity contribution >= 4 is 17.5 Å². The van der Waals surface area contributed by atoms with Gasteiger partial charge in [-0.05, 0) is 60.4 Å². The molecule has 10 heteroatoms. The standard InChI is InChI=1S/C25H24ClF4N3O2/c1-31-24(34)23(16-5-8-18(27)9-6-16)33-20(19-13-17(26)7-11-21(19)35-2)10-3-15-4-12-22(32-14-15)25(28,29)30/h4-9,11-14,20,23,33H,3,10H2,1-2H3,(H,31,34)/t20-,23+/m1/s1. The van der Waals surface area contributed by atoms with E-state index in [1.165, 1.54) is 50.7 Å². The van der Waals surface area contributed by atoms with Crippen LogP contribution in [0.3, 0.4) is 0 Å². The van der Waals surface area contributed by atoms with Crippen LogP contribution < -0.4 is 15.4 Å². The number of ether oxygens (including phenoxy) is 1. The molecule has 0 spiro atoms. The number of rotatable bonds is 9. The summed E-state index contributed by atoms with van der Waals surface area (Å²) in [6.07, 6.45) is -2.61. The second-order valence-corrected chi connectivity index (χ2v) is 8.23. The third kappa shape index (κ3) is 6.93. The first-order chi connectivity index (χ1) is 16.6. The second-order valence-electron chi connectivity index (χ2n) is 7.79. The number of halogens is 5. The largest absolute Gasteiger partial charge is 0.496 e. The molecule has 0 bridgehead atoms. The summed E-state index contributed by atoms with van der Waals surface area (Å²) in [6.45, 7) is 0. The lowest BCUT2D eigenvalue weighted by atomic mass is 9.96. The highest BCUT2D eigenvalue weighted by Crippen LogP contribution is 2.33. The molecule has 0 aliphatic heterocycles. The minimum Gasteiger partial charge on any atom is -0.496 e. The molecule has 0 saturated heterocycles. The molecular formula is C25H24ClF4N3O2. The van der Waals surface area contributed by atoms with E-state index in [-0.39, 0.29) is 5.91 Å². The Morgan fingerprint density at radius 1 is 1.11 bits per heavy atom. The molecule has 2 N–H and O–H groups in total. The van der Waals surface area contributed by atoms with Gasteiger partial charge < -0.3 is 10.1 Å². The predicted molar refractivity (Wildman–Crippen MR) is 125 cm³/mol. The first kappa shape index (κ1) is 26.4. The molecule has 0 fully saturated rings. The van der Waals surface area contributed by atoms with Crippen LogP contribution in [0.4, 0.5) is 17.6 Å². The number of methoxy groups -OCH3 is 1. The van der Waals surface area contributed by atoms with Crippen molar-refractivity contribution in [1.29, 1.82) is 0 Å². The molecule has 5 nitrogen and oxygen atoms in total. The lowest BCUT2D eigenvalue weighted by Gasteiger charge is -2.27. The van der Waals surface area contributed by atoms with Gasteiger partial charge in [-0.2, -0.15) is 13.2 Å². The molecule has 0 unspecified atom stereocenters. The second kappa shape index (κ2) is 11.5. The molecule has 1 aromatic heterocycles. The smallest absolute Gasteiger partial charge is 0.433 e. The highest BCUT2D eigenvalue weighted by atomic mass is 35.5. The lowest BCUT2D eigenvalue weighted by molar-refractivity contribution is -0.141. The van der Waals surface area contributed by atoms with Crippen molar-refractivity contribution in [3.05, 3.63) is 94.0 Å². The number of benzene rings is 2. The molecule has 2 atom stereocenters. The number of aromatic nitrogens is 1. The molecular weight excluding hydrogens is 486 g/mol. The number of nitrogens with one attached hydrogen (secondary N) is 2. The third-order valence-corrected chi connectivity index (χ3v) is 5.72. The monoisotopic (exact) mass is 509 g/mol. The van der Waals surface area contributed by atoms with Gasteiger partial charge in [-0.15, -0.1) is 0 Å². The molecule has 186 valence electrons. The number of carbonyl (C=O) groups is 1. The van der Waals surface area contributed by atoms with Gasteiger partial charge >= 0.3 is 6.18 Å². The Hall–Kier alpha value is -3.17. The summed E-state index contributed by atoms with van der Waals surface area (Å²) in [7, 11) is 2.99. The molecule has 0 aliphatic rings. The fraction of sp³-hybridized carbons (Fsp3) is 0.280. The molecule has 0 aliphatic carbocycles. The Kier molecular flexibility index (Phi) is 8.69. The number of amides is 1. The van der Waals surface area contributed by atoms with E-state index in [4.69, 9.17) is 16.3 Å². The Labute approximate surface area is 205 Å². The fourth-order valence-electron chi connectivity index (χ4n) is 3.68.